The van der Waals surface area contributed by atoms with E-state index in [1.54, 1.807) is 0 Å². The number of carboxylic acids is 1. The van der Waals surface area contributed by atoms with Crippen LogP contribution >= 0.6 is 0 Å². The zero-order chi connectivity index (χ0) is 8.48. The number of carbonyl (C=O) groups is 1. The Labute approximate surface area is 65.6 Å². The summed E-state index contributed by atoms with van der Waals surface area (Å²) in [5, 5.41) is 8.71. The molecule has 0 saturated heterocycles. The van der Waals surface area contributed by atoms with Gasteiger partial charge in [0.05, 0.1) is 11.6 Å². The second-order valence-electron chi connectivity index (χ2n) is 3.25. The van der Waals surface area contributed by atoms with Crippen molar-refractivity contribution in [3.05, 3.63) is 0 Å². The van der Waals surface area contributed by atoms with E-state index in [-0.39, 0.29) is 0 Å². The van der Waals surface area contributed by atoms with Crippen molar-refractivity contribution in [3.63, 3.8) is 0 Å². The first-order chi connectivity index (χ1) is 5.04. The molecular formula is C7H14N2O2. The summed E-state index contributed by atoms with van der Waals surface area (Å²) in [4.78, 5) is 10.6. The first kappa shape index (κ1) is 8.49. The maximum absolute atomic E-state index is 10.6. The van der Waals surface area contributed by atoms with Gasteiger partial charge in [0.2, 0.25) is 0 Å². The van der Waals surface area contributed by atoms with Crippen molar-refractivity contribution >= 4 is 5.97 Å². The third-order valence-electron chi connectivity index (χ3n) is 2.30. The van der Waals surface area contributed by atoms with E-state index in [4.69, 9.17) is 16.6 Å². The van der Waals surface area contributed by atoms with E-state index in [1.807, 2.05) is 0 Å². The second-order valence-corrected chi connectivity index (χ2v) is 3.25. The lowest BCUT2D eigenvalue weighted by molar-refractivity contribution is -0.145. The molecule has 0 aromatic carbocycles. The molecule has 0 aromatic rings. The summed E-state index contributed by atoms with van der Waals surface area (Å²) in [5.74, 6) is -1.43. The van der Waals surface area contributed by atoms with Crippen LogP contribution in [0.1, 0.15) is 25.7 Å². The minimum Gasteiger partial charge on any atom is -0.481 e. The molecule has 4 heteroatoms. The quantitative estimate of drug-likeness (QED) is 0.464. The second kappa shape index (κ2) is 2.79. The Bertz CT molecular complexity index is 168. The van der Waals surface area contributed by atoms with Crippen molar-refractivity contribution in [1.82, 2.24) is 0 Å². The fourth-order valence-electron chi connectivity index (χ4n) is 1.58. The van der Waals surface area contributed by atoms with Gasteiger partial charge in [-0.3, -0.25) is 4.79 Å². The fourth-order valence-corrected chi connectivity index (χ4v) is 1.58. The number of nitrogens with two attached hydrogens (primary N) is 2. The number of rotatable bonds is 1. The Morgan fingerprint density at radius 2 is 2.09 bits per heavy atom. The minimum atomic E-state index is -0.982. The van der Waals surface area contributed by atoms with Gasteiger partial charge >= 0.3 is 5.97 Å². The molecule has 1 saturated carbocycles. The lowest BCUT2D eigenvalue weighted by atomic mass is 9.80. The van der Waals surface area contributed by atoms with E-state index in [1.165, 1.54) is 0 Å². The lowest BCUT2D eigenvalue weighted by Crippen LogP contribution is -2.59. The third-order valence-corrected chi connectivity index (χ3v) is 2.30. The maximum atomic E-state index is 10.6. The molecule has 4 nitrogen and oxygen atoms in total. The average Bonchev–Trinajstić information content (AvgIpc) is 1.85. The van der Waals surface area contributed by atoms with Crippen molar-refractivity contribution in [2.45, 2.75) is 31.3 Å². The van der Waals surface area contributed by atoms with E-state index in [9.17, 15) is 4.79 Å². The Hall–Kier alpha value is -0.610. The van der Waals surface area contributed by atoms with Crippen LogP contribution in [0.5, 0.6) is 0 Å². The van der Waals surface area contributed by atoms with Crippen molar-refractivity contribution in [2.24, 2.45) is 17.4 Å². The summed E-state index contributed by atoms with van der Waals surface area (Å²) in [6.07, 6.45) is 3.09. The zero-order valence-corrected chi connectivity index (χ0v) is 6.42. The number of hydrogen-bond donors (Lipinski definition) is 3. The van der Waals surface area contributed by atoms with Gasteiger partial charge in [0.25, 0.3) is 0 Å². The van der Waals surface area contributed by atoms with Crippen LogP contribution in [0.2, 0.25) is 0 Å². The van der Waals surface area contributed by atoms with E-state index < -0.39 is 17.6 Å². The van der Waals surface area contributed by atoms with Crippen molar-refractivity contribution in [3.8, 4) is 0 Å². The summed E-state index contributed by atoms with van der Waals surface area (Å²) in [5.41, 5.74) is 10.3. The van der Waals surface area contributed by atoms with E-state index in [0.717, 1.165) is 12.8 Å². The van der Waals surface area contributed by atoms with E-state index >= 15 is 0 Å². The summed E-state index contributed by atoms with van der Waals surface area (Å²) in [7, 11) is 0. The van der Waals surface area contributed by atoms with Crippen LogP contribution in [0.4, 0.5) is 0 Å². The molecule has 1 aliphatic rings. The Kier molecular flexibility index (Phi) is 2.15. The monoisotopic (exact) mass is 158 g/mol. The van der Waals surface area contributed by atoms with Crippen LogP contribution in [0, 0.1) is 5.92 Å². The summed E-state index contributed by atoms with van der Waals surface area (Å²) < 4.78 is 0. The largest absolute Gasteiger partial charge is 0.481 e. The molecule has 64 valence electrons. The fraction of sp³-hybridized carbons (Fsp3) is 0.857. The highest BCUT2D eigenvalue weighted by Crippen LogP contribution is 2.27. The molecule has 0 amide bonds. The van der Waals surface area contributed by atoms with Gasteiger partial charge in [-0.25, -0.2) is 0 Å². The predicted octanol–water partition coefficient (Wildman–Crippen LogP) is -0.125. The van der Waals surface area contributed by atoms with Gasteiger partial charge < -0.3 is 16.6 Å². The van der Waals surface area contributed by atoms with Gasteiger partial charge in [-0.1, -0.05) is 12.8 Å². The molecule has 1 atom stereocenters. The maximum Gasteiger partial charge on any atom is 0.309 e. The molecule has 1 aliphatic carbocycles. The highest BCUT2D eigenvalue weighted by Gasteiger charge is 2.38. The number of aliphatic carboxylic acids is 1. The zero-order valence-electron chi connectivity index (χ0n) is 6.42. The lowest BCUT2D eigenvalue weighted by Gasteiger charge is -2.34. The topological polar surface area (TPSA) is 89.3 Å². The summed E-state index contributed by atoms with van der Waals surface area (Å²) >= 11 is 0. The molecular weight excluding hydrogens is 144 g/mol. The van der Waals surface area contributed by atoms with E-state index in [0.29, 0.717) is 12.8 Å². The highest BCUT2D eigenvalue weighted by molar-refractivity contribution is 5.71. The molecule has 0 heterocycles. The molecule has 5 N–H and O–H groups in total. The van der Waals surface area contributed by atoms with Crippen molar-refractivity contribution < 1.29 is 9.90 Å². The van der Waals surface area contributed by atoms with Crippen LogP contribution in [0.3, 0.4) is 0 Å². The van der Waals surface area contributed by atoms with Crippen LogP contribution in [-0.2, 0) is 4.79 Å². The van der Waals surface area contributed by atoms with Gasteiger partial charge in [0.15, 0.2) is 0 Å². The first-order valence-electron chi connectivity index (χ1n) is 3.84. The highest BCUT2D eigenvalue weighted by atomic mass is 16.4. The number of hydrogen-bond acceptors (Lipinski definition) is 3. The van der Waals surface area contributed by atoms with E-state index in [2.05, 4.69) is 0 Å². The molecule has 0 aromatic heterocycles. The first-order valence-corrected chi connectivity index (χ1v) is 3.84. The SMILES string of the molecule is NC1(N)CCCCC1C(=O)O. The van der Waals surface area contributed by atoms with Gasteiger partial charge in [-0.05, 0) is 12.8 Å². The average molecular weight is 158 g/mol. The molecule has 0 aliphatic heterocycles. The molecule has 1 unspecified atom stereocenters. The van der Waals surface area contributed by atoms with Crippen LogP contribution < -0.4 is 11.5 Å². The van der Waals surface area contributed by atoms with Crippen LogP contribution in [0.15, 0.2) is 0 Å². The Balaban J connectivity index is 2.67. The number of carboxylic acid groups (broad SMARTS) is 1. The van der Waals surface area contributed by atoms with Gasteiger partial charge in [0.1, 0.15) is 0 Å². The molecule has 1 fully saturated rings. The Morgan fingerprint density at radius 3 is 2.45 bits per heavy atom. The van der Waals surface area contributed by atoms with Gasteiger partial charge in [0, 0.05) is 0 Å². The van der Waals surface area contributed by atoms with Crippen LogP contribution in [0.25, 0.3) is 0 Å². The standard InChI is InChI=1S/C7H14N2O2/c8-7(9)4-2-1-3-5(7)6(10)11/h5H,1-4,8-9H2,(H,10,11). The summed E-state index contributed by atoms with van der Waals surface area (Å²) in [6.45, 7) is 0. The minimum absolute atomic E-state index is 0.559. The summed E-state index contributed by atoms with van der Waals surface area (Å²) in [6, 6.07) is 0. The molecule has 0 bridgehead atoms. The van der Waals surface area contributed by atoms with Gasteiger partial charge in [-0.15, -0.1) is 0 Å². The normalized spacial score (nSPS) is 29.8. The molecule has 0 radical (unpaired) electrons. The smallest absolute Gasteiger partial charge is 0.309 e. The predicted molar refractivity (Wildman–Crippen MR) is 40.7 cm³/mol. The molecule has 1 rings (SSSR count). The van der Waals surface area contributed by atoms with Gasteiger partial charge in [-0.2, -0.15) is 0 Å². The Morgan fingerprint density at radius 1 is 1.45 bits per heavy atom. The van der Waals surface area contributed by atoms with Crippen molar-refractivity contribution in [2.75, 3.05) is 0 Å². The molecule has 0 spiro atoms. The van der Waals surface area contributed by atoms with Crippen molar-refractivity contribution in [1.29, 1.82) is 0 Å². The van der Waals surface area contributed by atoms with Crippen LogP contribution in [-0.4, -0.2) is 16.7 Å². The third kappa shape index (κ3) is 1.70. The molecule has 11 heavy (non-hydrogen) atoms.